The van der Waals surface area contributed by atoms with E-state index in [1.165, 1.54) is 0 Å². The van der Waals surface area contributed by atoms with Gasteiger partial charge in [0.05, 0.1) is 12.7 Å². The average Bonchev–Trinajstić information content (AvgIpc) is 2.75. The predicted molar refractivity (Wildman–Crippen MR) is 116 cm³/mol. The third-order valence-corrected chi connectivity index (χ3v) is 4.14. The fourth-order valence-electron chi connectivity index (χ4n) is 2.72. The highest BCUT2D eigenvalue weighted by molar-refractivity contribution is 5.68. The molecule has 9 heteroatoms. The molecule has 3 rings (SSSR count). The quantitative estimate of drug-likeness (QED) is 0.410. The van der Waals surface area contributed by atoms with E-state index in [0.29, 0.717) is 22.7 Å². The molecule has 0 bridgehead atoms. The first-order chi connectivity index (χ1) is 14.9. The smallest absolute Gasteiger partial charge is 0.222 e. The van der Waals surface area contributed by atoms with Gasteiger partial charge in [0, 0.05) is 11.3 Å². The Hall–Kier alpha value is -3.43. The first-order valence-corrected chi connectivity index (χ1v) is 9.74. The molecule has 0 spiro atoms. The maximum Gasteiger partial charge on any atom is 0.222 e. The van der Waals surface area contributed by atoms with Crippen molar-refractivity contribution in [2.45, 2.75) is 26.1 Å². The van der Waals surface area contributed by atoms with Crippen LogP contribution in [0.15, 0.2) is 48.5 Å². The van der Waals surface area contributed by atoms with Crippen molar-refractivity contribution in [3.8, 4) is 22.8 Å². The lowest BCUT2D eigenvalue weighted by atomic mass is 10.1. The monoisotopic (exact) mass is 428 g/mol. The molecule has 0 fully saturated rings. The van der Waals surface area contributed by atoms with Gasteiger partial charge in [0.25, 0.3) is 0 Å². The third kappa shape index (κ3) is 6.03. The van der Waals surface area contributed by atoms with Gasteiger partial charge in [-0.2, -0.15) is 4.98 Å². The van der Waals surface area contributed by atoms with Gasteiger partial charge in [0.2, 0.25) is 5.95 Å². The van der Waals surface area contributed by atoms with Crippen LogP contribution >= 0.6 is 0 Å². The second-order valence-electron chi connectivity index (χ2n) is 7.08. The van der Waals surface area contributed by atoms with Crippen molar-refractivity contribution in [1.82, 2.24) is 9.97 Å². The van der Waals surface area contributed by atoms with Crippen molar-refractivity contribution < 1.29 is 24.1 Å². The Morgan fingerprint density at radius 2 is 1.68 bits per heavy atom. The minimum Gasteiger partial charge on any atom is -0.491 e. The fourth-order valence-corrected chi connectivity index (χ4v) is 2.72. The third-order valence-electron chi connectivity index (χ3n) is 4.14. The van der Waals surface area contributed by atoms with Gasteiger partial charge in [0.15, 0.2) is 11.6 Å². The van der Waals surface area contributed by atoms with Gasteiger partial charge >= 0.3 is 0 Å². The Kier molecular flexibility index (Phi) is 7.22. The summed E-state index contributed by atoms with van der Waals surface area (Å²) in [5.74, 6) is 0.385. The molecule has 2 aromatic carbocycles. The number of nitrogens with zero attached hydrogens (tertiary/aromatic N) is 2. The number of nitrogens with two attached hydrogens (primary N) is 1. The summed E-state index contributed by atoms with van der Waals surface area (Å²) in [4.78, 5) is 8.00. The van der Waals surface area contributed by atoms with Crippen LogP contribution in [0, 0.1) is 5.82 Å². The minimum atomic E-state index is -0.974. The molecule has 3 aromatic rings. The molecule has 1 aromatic heterocycles. The number of rotatable bonds is 9. The number of hydrogen-bond acceptors (Lipinski definition) is 8. The van der Waals surface area contributed by atoms with Gasteiger partial charge in [-0.25, -0.2) is 9.37 Å². The lowest BCUT2D eigenvalue weighted by Gasteiger charge is -2.13. The number of nitrogen functional groups attached to an aromatic ring is 1. The van der Waals surface area contributed by atoms with Gasteiger partial charge in [0.1, 0.15) is 29.9 Å². The van der Waals surface area contributed by atoms with E-state index < -0.39 is 18.5 Å². The summed E-state index contributed by atoms with van der Waals surface area (Å²) >= 11 is 0. The summed E-state index contributed by atoms with van der Waals surface area (Å²) in [6.45, 7) is 3.42. The number of hydrogen-bond donors (Lipinski definition) is 4. The molecular weight excluding hydrogens is 403 g/mol. The predicted octanol–water partition coefficient (Wildman–Crippen LogP) is 3.13. The maximum absolute atomic E-state index is 15.1. The lowest BCUT2D eigenvalue weighted by molar-refractivity contribution is 0.0536. The van der Waals surface area contributed by atoms with Gasteiger partial charge in [-0.15, -0.1) is 0 Å². The van der Waals surface area contributed by atoms with E-state index in [9.17, 15) is 5.11 Å². The highest BCUT2D eigenvalue weighted by Crippen LogP contribution is 2.29. The summed E-state index contributed by atoms with van der Waals surface area (Å²) in [7, 11) is 0. The van der Waals surface area contributed by atoms with Crippen molar-refractivity contribution in [3.63, 3.8) is 0 Å². The van der Waals surface area contributed by atoms with E-state index in [-0.39, 0.29) is 30.2 Å². The molecule has 0 aliphatic carbocycles. The maximum atomic E-state index is 15.1. The fraction of sp³-hybridized carbons (Fsp3) is 0.273. The van der Waals surface area contributed by atoms with Crippen LogP contribution < -0.4 is 20.5 Å². The molecule has 0 amide bonds. The van der Waals surface area contributed by atoms with Crippen LogP contribution in [0.4, 0.5) is 21.8 Å². The summed E-state index contributed by atoms with van der Waals surface area (Å²) in [6.07, 6.45) is -0.921. The number of aromatic nitrogens is 2. The Bertz CT molecular complexity index is 998. The minimum absolute atomic E-state index is 0.0386. The van der Waals surface area contributed by atoms with Gasteiger partial charge in [-0.05, 0) is 62.4 Å². The van der Waals surface area contributed by atoms with E-state index in [0.717, 1.165) is 0 Å². The van der Waals surface area contributed by atoms with Gasteiger partial charge in [-0.3, -0.25) is 0 Å². The van der Waals surface area contributed by atoms with Crippen LogP contribution in [0.1, 0.15) is 13.8 Å². The zero-order chi connectivity index (χ0) is 22.4. The Morgan fingerprint density at radius 3 is 2.29 bits per heavy atom. The number of aliphatic hydroxyl groups is 2. The number of benzene rings is 2. The highest BCUT2D eigenvalue weighted by Gasteiger charge is 2.16. The van der Waals surface area contributed by atoms with Crippen molar-refractivity contribution in [2.75, 3.05) is 24.3 Å². The van der Waals surface area contributed by atoms with Crippen molar-refractivity contribution >= 4 is 17.5 Å². The molecule has 0 saturated heterocycles. The highest BCUT2D eigenvalue weighted by atomic mass is 19.1. The van der Waals surface area contributed by atoms with E-state index in [1.807, 2.05) is 13.8 Å². The molecule has 0 saturated carbocycles. The second kappa shape index (κ2) is 10.1. The Morgan fingerprint density at radius 1 is 1.03 bits per heavy atom. The van der Waals surface area contributed by atoms with Gasteiger partial charge in [-0.1, -0.05) is 0 Å². The van der Waals surface area contributed by atoms with Crippen LogP contribution in [0.3, 0.4) is 0 Å². The molecule has 0 aliphatic heterocycles. The van der Waals surface area contributed by atoms with Crippen LogP contribution in [-0.4, -0.2) is 45.6 Å². The molecule has 1 atom stereocenters. The zero-order valence-electron chi connectivity index (χ0n) is 17.2. The zero-order valence-corrected chi connectivity index (χ0v) is 17.2. The van der Waals surface area contributed by atoms with Crippen molar-refractivity contribution in [3.05, 3.63) is 54.3 Å². The molecular formula is C22H25FN4O4. The summed E-state index contributed by atoms with van der Waals surface area (Å²) in [5, 5.41) is 21.1. The van der Waals surface area contributed by atoms with E-state index in [1.54, 1.807) is 48.5 Å². The van der Waals surface area contributed by atoms with E-state index >= 15 is 4.39 Å². The SMILES string of the molecule is CC(C)Oc1ccc(Nc2nc(N)nc(-c3ccc(OCC(O)CO)cc3)c2F)cc1. The number of nitrogens with one attached hydrogen (secondary N) is 1. The number of halogens is 1. The molecule has 5 N–H and O–H groups in total. The average molecular weight is 428 g/mol. The molecule has 0 aliphatic rings. The van der Waals surface area contributed by atoms with E-state index in [2.05, 4.69) is 15.3 Å². The second-order valence-corrected chi connectivity index (χ2v) is 7.08. The van der Waals surface area contributed by atoms with Crippen LogP contribution in [0.25, 0.3) is 11.3 Å². The van der Waals surface area contributed by atoms with E-state index in [4.69, 9.17) is 20.3 Å². The number of aliphatic hydroxyl groups excluding tert-OH is 2. The Balaban J connectivity index is 1.79. The number of anilines is 3. The summed E-state index contributed by atoms with van der Waals surface area (Å²) in [6, 6.07) is 13.5. The molecule has 31 heavy (non-hydrogen) atoms. The first kappa shape index (κ1) is 22.3. The number of ether oxygens (including phenoxy) is 2. The molecule has 164 valence electrons. The Labute approximate surface area is 179 Å². The van der Waals surface area contributed by atoms with Crippen LogP contribution in [0.2, 0.25) is 0 Å². The van der Waals surface area contributed by atoms with Gasteiger partial charge < -0.3 is 30.7 Å². The summed E-state index contributed by atoms with van der Waals surface area (Å²) < 4.78 is 26.1. The largest absolute Gasteiger partial charge is 0.491 e. The summed E-state index contributed by atoms with van der Waals surface area (Å²) in [5.41, 5.74) is 6.93. The first-order valence-electron chi connectivity index (χ1n) is 9.74. The lowest BCUT2D eigenvalue weighted by Crippen LogP contribution is -2.21. The topological polar surface area (TPSA) is 123 Å². The molecule has 0 radical (unpaired) electrons. The van der Waals surface area contributed by atoms with Crippen molar-refractivity contribution in [2.24, 2.45) is 0 Å². The van der Waals surface area contributed by atoms with Crippen LogP contribution in [-0.2, 0) is 0 Å². The molecule has 1 unspecified atom stereocenters. The molecule has 8 nitrogen and oxygen atoms in total. The van der Waals surface area contributed by atoms with Crippen molar-refractivity contribution in [1.29, 1.82) is 0 Å². The molecule has 1 heterocycles. The van der Waals surface area contributed by atoms with Crippen LogP contribution in [0.5, 0.6) is 11.5 Å². The standard InChI is InChI=1S/C22H25FN4O4/c1-13(2)31-18-9-5-15(6-10-18)25-21-19(23)20(26-22(24)27-21)14-3-7-17(8-4-14)30-12-16(29)11-28/h3-10,13,16,28-29H,11-12H2,1-2H3,(H3,24,25,26,27). The normalized spacial score (nSPS) is 11.9.